The lowest BCUT2D eigenvalue weighted by Crippen LogP contribution is -2.44. The number of nitrogens with zero attached hydrogens (tertiary/aromatic N) is 2. The van der Waals surface area contributed by atoms with Crippen molar-refractivity contribution >= 4 is 5.96 Å². The first-order chi connectivity index (χ1) is 8.09. The van der Waals surface area contributed by atoms with Crippen LogP contribution in [0.15, 0.2) is 29.3 Å². The second kappa shape index (κ2) is 4.28. The summed E-state index contributed by atoms with van der Waals surface area (Å²) in [7, 11) is 1.97. The Balaban J connectivity index is 2.40. The largest absolute Gasteiger partial charge is 0.494 e. The predicted octanol–water partition coefficient (Wildman–Crippen LogP) is 1.56. The summed E-state index contributed by atoms with van der Waals surface area (Å²) in [5.74, 6) is 1.49. The summed E-state index contributed by atoms with van der Waals surface area (Å²) >= 11 is 0. The van der Waals surface area contributed by atoms with Crippen LogP contribution in [0.3, 0.4) is 0 Å². The molecule has 2 rings (SSSR count). The van der Waals surface area contributed by atoms with Gasteiger partial charge in [0.1, 0.15) is 5.75 Å². The summed E-state index contributed by atoms with van der Waals surface area (Å²) in [5.41, 5.74) is 6.77. The van der Waals surface area contributed by atoms with Gasteiger partial charge in [-0.15, -0.1) is 0 Å². The van der Waals surface area contributed by atoms with Gasteiger partial charge in [-0.2, -0.15) is 0 Å². The monoisotopic (exact) mass is 233 g/mol. The molecule has 1 heterocycles. The summed E-state index contributed by atoms with van der Waals surface area (Å²) in [5, 5.41) is 0. The lowest BCUT2D eigenvalue weighted by Gasteiger charge is -2.34. The molecule has 0 bridgehead atoms. The topological polar surface area (TPSA) is 50.9 Å². The van der Waals surface area contributed by atoms with Gasteiger partial charge in [-0.3, -0.25) is 4.99 Å². The fraction of sp³-hybridized carbons (Fsp3) is 0.462. The molecular formula is C13H19N3O. The molecule has 0 amide bonds. The summed E-state index contributed by atoms with van der Waals surface area (Å²) < 4.78 is 5.68. The molecule has 2 N–H and O–H groups in total. The van der Waals surface area contributed by atoms with Gasteiger partial charge in [0.2, 0.25) is 0 Å². The fourth-order valence-electron chi connectivity index (χ4n) is 2.16. The van der Waals surface area contributed by atoms with E-state index in [1.807, 2.05) is 37.1 Å². The number of guanidine groups is 1. The minimum atomic E-state index is -0.212. The number of benzene rings is 1. The van der Waals surface area contributed by atoms with Crippen LogP contribution < -0.4 is 10.5 Å². The Morgan fingerprint density at radius 1 is 1.47 bits per heavy atom. The molecule has 0 spiro atoms. The van der Waals surface area contributed by atoms with Crippen molar-refractivity contribution < 1.29 is 4.74 Å². The van der Waals surface area contributed by atoms with E-state index in [4.69, 9.17) is 10.5 Å². The number of para-hydroxylation sites is 1. The Morgan fingerprint density at radius 2 is 2.18 bits per heavy atom. The van der Waals surface area contributed by atoms with E-state index in [0.717, 1.165) is 11.3 Å². The van der Waals surface area contributed by atoms with E-state index in [-0.39, 0.29) is 5.54 Å². The molecule has 1 aromatic carbocycles. The number of aliphatic imine (C=N–C) groups is 1. The maximum atomic E-state index is 5.85. The van der Waals surface area contributed by atoms with Crippen molar-refractivity contribution in [3.63, 3.8) is 0 Å². The fourth-order valence-corrected chi connectivity index (χ4v) is 2.16. The highest BCUT2D eigenvalue weighted by atomic mass is 16.5. The molecule has 0 aliphatic carbocycles. The second-order valence-electron chi connectivity index (χ2n) is 4.44. The van der Waals surface area contributed by atoms with Gasteiger partial charge in [0.25, 0.3) is 0 Å². The standard InChI is InChI=1S/C13H19N3O/c1-4-17-11-8-6-5-7-10(11)13(2)9-15-12(14)16(13)3/h5-8H,4,9H2,1-3H3,(H2,14,15). The molecule has 1 aliphatic rings. The summed E-state index contributed by atoms with van der Waals surface area (Å²) in [4.78, 5) is 6.32. The highest BCUT2D eigenvalue weighted by Crippen LogP contribution is 2.36. The molecule has 92 valence electrons. The molecular weight excluding hydrogens is 214 g/mol. The molecule has 0 saturated carbocycles. The first-order valence-corrected chi connectivity index (χ1v) is 5.85. The van der Waals surface area contributed by atoms with Crippen molar-refractivity contribution in [1.29, 1.82) is 0 Å². The maximum absolute atomic E-state index is 5.85. The van der Waals surface area contributed by atoms with Crippen LogP contribution in [0.4, 0.5) is 0 Å². The Labute approximate surface area is 102 Å². The van der Waals surface area contributed by atoms with Crippen molar-refractivity contribution in [3.05, 3.63) is 29.8 Å². The number of nitrogens with two attached hydrogens (primary N) is 1. The van der Waals surface area contributed by atoms with Crippen molar-refractivity contribution in [3.8, 4) is 5.75 Å². The van der Waals surface area contributed by atoms with Gasteiger partial charge in [-0.05, 0) is 19.9 Å². The minimum absolute atomic E-state index is 0.212. The molecule has 1 atom stereocenters. The van der Waals surface area contributed by atoms with E-state index in [1.54, 1.807) is 0 Å². The number of hydrogen-bond acceptors (Lipinski definition) is 4. The SMILES string of the molecule is CCOc1ccccc1C1(C)CN=C(N)N1C. The molecule has 0 aromatic heterocycles. The molecule has 0 radical (unpaired) electrons. The average Bonchev–Trinajstić information content (AvgIpc) is 2.59. The third-order valence-electron chi connectivity index (χ3n) is 3.40. The Bertz CT molecular complexity index is 444. The van der Waals surface area contributed by atoms with Gasteiger partial charge in [0.05, 0.1) is 18.7 Å². The molecule has 1 unspecified atom stereocenters. The van der Waals surface area contributed by atoms with Crippen molar-refractivity contribution in [2.75, 3.05) is 20.2 Å². The number of ether oxygens (including phenoxy) is 1. The molecule has 1 aliphatic heterocycles. The lowest BCUT2D eigenvalue weighted by atomic mass is 9.90. The van der Waals surface area contributed by atoms with Crippen LogP contribution in [0, 0.1) is 0 Å². The number of rotatable bonds is 3. The third-order valence-corrected chi connectivity index (χ3v) is 3.40. The average molecular weight is 233 g/mol. The van der Waals surface area contributed by atoms with Crippen molar-refractivity contribution in [2.45, 2.75) is 19.4 Å². The zero-order valence-electron chi connectivity index (χ0n) is 10.6. The van der Waals surface area contributed by atoms with E-state index in [9.17, 15) is 0 Å². The van der Waals surface area contributed by atoms with Gasteiger partial charge in [0.15, 0.2) is 5.96 Å². The predicted molar refractivity (Wildman–Crippen MR) is 69.2 cm³/mol. The first kappa shape index (κ1) is 11.8. The van der Waals surface area contributed by atoms with Gasteiger partial charge >= 0.3 is 0 Å². The first-order valence-electron chi connectivity index (χ1n) is 5.85. The van der Waals surface area contributed by atoms with E-state index < -0.39 is 0 Å². The zero-order chi connectivity index (χ0) is 12.5. The van der Waals surface area contributed by atoms with E-state index in [1.165, 1.54) is 0 Å². The highest BCUT2D eigenvalue weighted by Gasteiger charge is 2.39. The quantitative estimate of drug-likeness (QED) is 0.862. The number of likely N-dealkylation sites (N-methyl/N-ethyl adjacent to an activating group) is 1. The van der Waals surface area contributed by atoms with Crippen LogP contribution in [-0.2, 0) is 5.54 Å². The van der Waals surface area contributed by atoms with Gasteiger partial charge in [0, 0.05) is 12.6 Å². The smallest absolute Gasteiger partial charge is 0.191 e. The van der Waals surface area contributed by atoms with Crippen LogP contribution >= 0.6 is 0 Å². The lowest BCUT2D eigenvalue weighted by molar-refractivity contribution is 0.249. The second-order valence-corrected chi connectivity index (χ2v) is 4.44. The Morgan fingerprint density at radius 3 is 2.76 bits per heavy atom. The minimum Gasteiger partial charge on any atom is -0.494 e. The van der Waals surface area contributed by atoms with Crippen LogP contribution in [-0.4, -0.2) is 31.1 Å². The van der Waals surface area contributed by atoms with Crippen LogP contribution in [0.5, 0.6) is 5.75 Å². The molecule has 1 aromatic rings. The van der Waals surface area contributed by atoms with Crippen molar-refractivity contribution in [1.82, 2.24) is 4.90 Å². The van der Waals surface area contributed by atoms with E-state index in [0.29, 0.717) is 19.1 Å². The van der Waals surface area contributed by atoms with Crippen LogP contribution in [0.2, 0.25) is 0 Å². The van der Waals surface area contributed by atoms with Gasteiger partial charge < -0.3 is 15.4 Å². The molecule has 17 heavy (non-hydrogen) atoms. The third kappa shape index (κ3) is 1.84. The maximum Gasteiger partial charge on any atom is 0.191 e. The summed E-state index contributed by atoms with van der Waals surface area (Å²) in [6.07, 6.45) is 0. The summed E-state index contributed by atoms with van der Waals surface area (Å²) in [6.45, 7) is 5.45. The number of hydrogen-bond donors (Lipinski definition) is 1. The van der Waals surface area contributed by atoms with Gasteiger partial charge in [-0.25, -0.2) is 0 Å². The zero-order valence-corrected chi connectivity index (χ0v) is 10.6. The normalized spacial score (nSPS) is 23.7. The van der Waals surface area contributed by atoms with E-state index >= 15 is 0 Å². The van der Waals surface area contributed by atoms with Crippen LogP contribution in [0.25, 0.3) is 0 Å². The van der Waals surface area contributed by atoms with Gasteiger partial charge in [-0.1, -0.05) is 18.2 Å². The molecule has 0 fully saturated rings. The molecule has 4 heteroatoms. The molecule has 0 saturated heterocycles. The Kier molecular flexibility index (Phi) is 2.96. The Hall–Kier alpha value is -1.71. The van der Waals surface area contributed by atoms with E-state index in [2.05, 4.69) is 18.0 Å². The highest BCUT2D eigenvalue weighted by molar-refractivity contribution is 5.81. The summed E-state index contributed by atoms with van der Waals surface area (Å²) in [6, 6.07) is 8.07. The van der Waals surface area contributed by atoms with Crippen LogP contribution in [0.1, 0.15) is 19.4 Å². The van der Waals surface area contributed by atoms with Crippen molar-refractivity contribution in [2.24, 2.45) is 10.7 Å². The molecule has 4 nitrogen and oxygen atoms in total.